The van der Waals surface area contributed by atoms with Crippen LogP contribution in [0.4, 0.5) is 0 Å². The minimum absolute atomic E-state index is 0.0905. The van der Waals surface area contributed by atoms with Crippen LogP contribution in [0.15, 0.2) is 5.16 Å². The van der Waals surface area contributed by atoms with Gasteiger partial charge in [0.25, 0.3) is 0 Å². The van der Waals surface area contributed by atoms with Crippen LogP contribution in [0.2, 0.25) is 0 Å². The third-order valence-electron chi connectivity index (χ3n) is 2.95. The quantitative estimate of drug-likeness (QED) is 0.270. The fraction of sp³-hybridized carbons (Fsp3) is 0.818. The van der Waals surface area contributed by atoms with Gasteiger partial charge in [0.1, 0.15) is 5.41 Å². The van der Waals surface area contributed by atoms with Crippen LogP contribution < -0.4 is 11.1 Å². The molecule has 0 atom stereocenters. The highest BCUT2D eigenvalue weighted by atomic mass is 16.4. The van der Waals surface area contributed by atoms with Gasteiger partial charge in [0.2, 0.25) is 5.91 Å². The van der Waals surface area contributed by atoms with Crippen molar-refractivity contribution in [2.24, 2.45) is 16.3 Å². The SMILES string of the molecule is CC(C)N(C)CCNC(=O)C(C)(C)C(N)=NO. The summed E-state index contributed by atoms with van der Waals surface area (Å²) in [7, 11) is 1.99. The normalized spacial score (nSPS) is 13.2. The number of hydrogen-bond acceptors (Lipinski definition) is 4. The minimum atomic E-state index is -0.995. The summed E-state index contributed by atoms with van der Waals surface area (Å²) in [4.78, 5) is 13.9. The van der Waals surface area contributed by atoms with Crippen LogP contribution in [0.3, 0.4) is 0 Å². The third kappa shape index (κ3) is 4.60. The molecule has 0 saturated carbocycles. The van der Waals surface area contributed by atoms with E-state index in [1.807, 2.05) is 7.05 Å². The zero-order valence-electron chi connectivity index (χ0n) is 11.3. The zero-order chi connectivity index (χ0) is 13.6. The number of hydrogen-bond donors (Lipinski definition) is 3. The molecule has 0 aliphatic rings. The first-order valence-corrected chi connectivity index (χ1v) is 5.70. The van der Waals surface area contributed by atoms with Crippen LogP contribution in [0.25, 0.3) is 0 Å². The lowest BCUT2D eigenvalue weighted by Crippen LogP contribution is -2.47. The number of carbonyl (C=O) groups excluding carboxylic acids is 1. The molecule has 0 heterocycles. The molecule has 0 saturated heterocycles. The van der Waals surface area contributed by atoms with Crippen molar-refractivity contribution in [3.63, 3.8) is 0 Å². The molecule has 0 aromatic rings. The predicted octanol–water partition coefficient (Wildman–Crippen LogP) is 0.215. The minimum Gasteiger partial charge on any atom is -0.409 e. The summed E-state index contributed by atoms with van der Waals surface area (Å²) in [5.41, 5.74) is 4.47. The molecule has 0 aliphatic carbocycles. The Hall–Kier alpha value is -1.30. The van der Waals surface area contributed by atoms with Crippen molar-refractivity contribution in [3.05, 3.63) is 0 Å². The summed E-state index contributed by atoms with van der Waals surface area (Å²) in [5.74, 6) is -0.336. The van der Waals surface area contributed by atoms with Gasteiger partial charge in [-0.05, 0) is 34.7 Å². The third-order valence-corrected chi connectivity index (χ3v) is 2.95. The highest BCUT2D eigenvalue weighted by Crippen LogP contribution is 2.14. The molecule has 1 amide bonds. The van der Waals surface area contributed by atoms with Gasteiger partial charge >= 0.3 is 0 Å². The van der Waals surface area contributed by atoms with Gasteiger partial charge < -0.3 is 21.2 Å². The molecule has 4 N–H and O–H groups in total. The van der Waals surface area contributed by atoms with Crippen LogP contribution in [-0.2, 0) is 4.79 Å². The molecule has 6 heteroatoms. The molecular weight excluding hydrogens is 220 g/mol. The Kier molecular flexibility index (Phi) is 5.95. The van der Waals surface area contributed by atoms with E-state index in [1.165, 1.54) is 0 Å². The molecule has 0 radical (unpaired) electrons. The Balaban J connectivity index is 4.20. The second-order valence-electron chi connectivity index (χ2n) is 4.94. The molecule has 0 fully saturated rings. The number of likely N-dealkylation sites (N-methyl/N-ethyl adjacent to an activating group) is 1. The van der Waals surface area contributed by atoms with E-state index in [2.05, 4.69) is 29.2 Å². The number of amidine groups is 1. The maximum absolute atomic E-state index is 11.8. The van der Waals surface area contributed by atoms with E-state index in [0.717, 1.165) is 6.54 Å². The van der Waals surface area contributed by atoms with Gasteiger partial charge in [0.05, 0.1) is 0 Å². The van der Waals surface area contributed by atoms with Crippen molar-refractivity contribution in [2.45, 2.75) is 33.7 Å². The molecule has 17 heavy (non-hydrogen) atoms. The molecule has 0 spiro atoms. The highest BCUT2D eigenvalue weighted by molar-refractivity contribution is 6.05. The van der Waals surface area contributed by atoms with E-state index in [0.29, 0.717) is 12.6 Å². The second-order valence-corrected chi connectivity index (χ2v) is 4.94. The highest BCUT2D eigenvalue weighted by Gasteiger charge is 2.32. The van der Waals surface area contributed by atoms with Gasteiger partial charge in [0.15, 0.2) is 5.84 Å². The van der Waals surface area contributed by atoms with Crippen molar-refractivity contribution in [2.75, 3.05) is 20.1 Å². The van der Waals surface area contributed by atoms with E-state index in [4.69, 9.17) is 10.9 Å². The lowest BCUT2D eigenvalue weighted by atomic mass is 9.91. The van der Waals surface area contributed by atoms with Crippen molar-refractivity contribution < 1.29 is 10.0 Å². The number of amides is 1. The molecule has 0 rings (SSSR count). The second kappa shape index (κ2) is 6.44. The van der Waals surface area contributed by atoms with Crippen LogP contribution in [0, 0.1) is 5.41 Å². The van der Waals surface area contributed by atoms with E-state index in [9.17, 15) is 4.79 Å². The smallest absolute Gasteiger partial charge is 0.233 e. The Bertz CT molecular complexity index is 287. The first kappa shape index (κ1) is 15.7. The van der Waals surface area contributed by atoms with Gasteiger partial charge in [0, 0.05) is 19.1 Å². The predicted molar refractivity (Wildman–Crippen MR) is 68.0 cm³/mol. The van der Waals surface area contributed by atoms with E-state index in [-0.39, 0.29) is 11.7 Å². The molecule has 0 aromatic carbocycles. The average Bonchev–Trinajstić information content (AvgIpc) is 2.27. The standard InChI is InChI=1S/C11H24N4O2/c1-8(2)15(5)7-6-13-10(16)11(3,4)9(12)14-17/h8,17H,6-7H2,1-5H3,(H2,12,14)(H,13,16). The maximum atomic E-state index is 11.8. The van der Waals surface area contributed by atoms with Crippen LogP contribution in [0.1, 0.15) is 27.7 Å². The first-order chi connectivity index (χ1) is 7.73. The molecular formula is C11H24N4O2. The number of nitrogens with one attached hydrogen (secondary N) is 1. The van der Waals surface area contributed by atoms with E-state index in [1.54, 1.807) is 13.8 Å². The lowest BCUT2D eigenvalue weighted by Gasteiger charge is -2.24. The Morgan fingerprint density at radius 2 is 2.06 bits per heavy atom. The largest absolute Gasteiger partial charge is 0.409 e. The van der Waals surface area contributed by atoms with Gasteiger partial charge in [-0.2, -0.15) is 0 Å². The average molecular weight is 244 g/mol. The molecule has 0 unspecified atom stereocenters. The van der Waals surface area contributed by atoms with Crippen LogP contribution in [-0.4, -0.2) is 48.0 Å². The number of carbonyl (C=O) groups is 1. The van der Waals surface area contributed by atoms with Crippen molar-refractivity contribution in [1.82, 2.24) is 10.2 Å². The van der Waals surface area contributed by atoms with Crippen LogP contribution in [0.5, 0.6) is 0 Å². The van der Waals surface area contributed by atoms with Gasteiger partial charge in [-0.1, -0.05) is 5.16 Å². The van der Waals surface area contributed by atoms with Crippen molar-refractivity contribution in [1.29, 1.82) is 0 Å². The van der Waals surface area contributed by atoms with Gasteiger partial charge in [-0.15, -0.1) is 0 Å². The summed E-state index contributed by atoms with van der Waals surface area (Å²) >= 11 is 0. The van der Waals surface area contributed by atoms with Crippen molar-refractivity contribution in [3.8, 4) is 0 Å². The summed E-state index contributed by atoms with van der Waals surface area (Å²) < 4.78 is 0. The summed E-state index contributed by atoms with van der Waals surface area (Å²) in [6.07, 6.45) is 0. The molecule has 0 aliphatic heterocycles. The Morgan fingerprint density at radius 3 is 2.47 bits per heavy atom. The Labute approximate surface area is 103 Å². The van der Waals surface area contributed by atoms with Gasteiger partial charge in [-0.3, -0.25) is 4.79 Å². The fourth-order valence-corrected chi connectivity index (χ4v) is 1.07. The van der Waals surface area contributed by atoms with E-state index < -0.39 is 5.41 Å². The zero-order valence-corrected chi connectivity index (χ0v) is 11.3. The number of nitrogens with zero attached hydrogens (tertiary/aromatic N) is 2. The first-order valence-electron chi connectivity index (χ1n) is 5.70. The summed E-state index contributed by atoms with van der Waals surface area (Å²) in [5, 5.41) is 14.2. The lowest BCUT2D eigenvalue weighted by molar-refractivity contribution is -0.126. The molecule has 100 valence electrons. The molecule has 6 nitrogen and oxygen atoms in total. The summed E-state index contributed by atoms with van der Waals surface area (Å²) in [6, 6.07) is 0.434. The summed E-state index contributed by atoms with van der Waals surface area (Å²) in [6.45, 7) is 8.70. The topological polar surface area (TPSA) is 91.0 Å². The fourth-order valence-electron chi connectivity index (χ4n) is 1.07. The van der Waals surface area contributed by atoms with Gasteiger partial charge in [-0.25, -0.2) is 0 Å². The number of rotatable bonds is 6. The molecule has 0 bridgehead atoms. The maximum Gasteiger partial charge on any atom is 0.233 e. The van der Waals surface area contributed by atoms with Crippen molar-refractivity contribution >= 4 is 11.7 Å². The Morgan fingerprint density at radius 1 is 1.53 bits per heavy atom. The number of nitrogens with two attached hydrogens (primary N) is 1. The monoisotopic (exact) mass is 244 g/mol. The van der Waals surface area contributed by atoms with E-state index >= 15 is 0 Å². The number of oxime groups is 1. The molecule has 0 aromatic heterocycles. The van der Waals surface area contributed by atoms with Crippen LogP contribution >= 0.6 is 0 Å².